The van der Waals surface area contributed by atoms with Gasteiger partial charge in [0.1, 0.15) is 5.75 Å². The lowest BCUT2D eigenvalue weighted by Crippen LogP contribution is -2.46. The highest BCUT2D eigenvalue weighted by Crippen LogP contribution is 2.36. The fourth-order valence-corrected chi connectivity index (χ4v) is 3.97. The zero-order chi connectivity index (χ0) is 24.7. The maximum Gasteiger partial charge on any atom is 0.573 e. The number of likely N-dealkylation sites (tertiary alicyclic amines) is 1. The number of halogens is 3. The van der Waals surface area contributed by atoms with Crippen LogP contribution in [0.3, 0.4) is 0 Å². The zero-order valence-electron chi connectivity index (χ0n) is 18.7. The van der Waals surface area contributed by atoms with Crippen LogP contribution < -0.4 is 4.74 Å². The Hall–Kier alpha value is -4.22. The molecule has 0 saturated carbocycles. The average Bonchev–Trinajstić information content (AvgIpc) is 3.46. The maximum absolute atomic E-state index is 13.5. The van der Waals surface area contributed by atoms with E-state index in [1.165, 1.54) is 35.4 Å². The topological polar surface area (TPSA) is 102 Å². The van der Waals surface area contributed by atoms with E-state index in [4.69, 9.17) is 0 Å². The Morgan fingerprint density at radius 1 is 1.09 bits per heavy atom. The number of aromatic amines is 1. The number of nitrogens with zero attached hydrogens (tertiary/aromatic N) is 6. The van der Waals surface area contributed by atoms with Crippen LogP contribution in [0.2, 0.25) is 0 Å². The molecule has 1 fully saturated rings. The quantitative estimate of drug-likeness (QED) is 0.458. The first-order valence-corrected chi connectivity index (χ1v) is 10.8. The van der Waals surface area contributed by atoms with Crippen LogP contribution in [0.4, 0.5) is 13.2 Å². The van der Waals surface area contributed by atoms with E-state index in [9.17, 15) is 18.0 Å². The van der Waals surface area contributed by atoms with Gasteiger partial charge in [-0.25, -0.2) is 0 Å². The van der Waals surface area contributed by atoms with Crippen molar-refractivity contribution >= 4 is 5.91 Å². The highest BCUT2D eigenvalue weighted by molar-refractivity contribution is 5.98. The first kappa shape index (κ1) is 22.6. The van der Waals surface area contributed by atoms with E-state index >= 15 is 0 Å². The molecule has 1 saturated heterocycles. The molecule has 35 heavy (non-hydrogen) atoms. The van der Waals surface area contributed by atoms with Gasteiger partial charge in [-0.05, 0) is 55.7 Å². The number of amides is 1. The monoisotopic (exact) mass is 483 g/mol. The number of hydrogen-bond acceptors (Lipinski definition) is 6. The van der Waals surface area contributed by atoms with E-state index < -0.39 is 18.2 Å². The van der Waals surface area contributed by atoms with E-state index in [0.29, 0.717) is 30.0 Å². The van der Waals surface area contributed by atoms with Crippen molar-refractivity contribution in [1.82, 2.24) is 35.1 Å². The van der Waals surface area contributed by atoms with Gasteiger partial charge in [0.15, 0.2) is 11.6 Å². The molecule has 1 atom stereocenters. The number of carbonyl (C=O) groups is 1. The number of nitrogens with one attached hydrogen (secondary N) is 1. The molecule has 2 aromatic carbocycles. The van der Waals surface area contributed by atoms with Crippen molar-refractivity contribution in [2.24, 2.45) is 0 Å². The molecule has 0 radical (unpaired) electrons. The Balaban J connectivity index is 1.43. The normalized spacial score (nSPS) is 15.7. The van der Waals surface area contributed by atoms with Crippen LogP contribution in [-0.2, 0) is 0 Å². The van der Waals surface area contributed by atoms with Gasteiger partial charge in [-0.3, -0.25) is 4.79 Å². The molecular formula is C23H20F3N7O2. The van der Waals surface area contributed by atoms with Crippen molar-refractivity contribution in [2.75, 3.05) is 6.54 Å². The Labute approximate surface area is 197 Å². The summed E-state index contributed by atoms with van der Waals surface area (Å²) in [6.07, 6.45) is -1.15. The number of para-hydroxylation sites is 1. The molecule has 1 N–H and O–H groups in total. The van der Waals surface area contributed by atoms with Crippen molar-refractivity contribution in [2.45, 2.75) is 32.7 Å². The fraction of sp³-hybridized carbons (Fsp3) is 0.261. The summed E-state index contributed by atoms with van der Waals surface area (Å²) in [6.45, 7) is 4.36. The summed E-state index contributed by atoms with van der Waals surface area (Å²) in [5.41, 5.74) is 3.06. The second-order valence-electron chi connectivity index (χ2n) is 8.18. The number of rotatable bonds is 5. The van der Waals surface area contributed by atoms with Crippen LogP contribution in [0, 0.1) is 13.8 Å². The number of hydrogen-bond donors (Lipinski definition) is 1. The third-order valence-corrected chi connectivity index (χ3v) is 5.94. The summed E-state index contributed by atoms with van der Waals surface area (Å²) >= 11 is 0. The second-order valence-corrected chi connectivity index (χ2v) is 8.18. The van der Waals surface area contributed by atoms with Crippen molar-refractivity contribution in [1.29, 1.82) is 0 Å². The lowest BCUT2D eigenvalue weighted by atomic mass is 9.97. The number of aryl methyl sites for hydroxylation is 2. The van der Waals surface area contributed by atoms with Gasteiger partial charge in [-0.15, -0.1) is 23.4 Å². The number of aromatic nitrogens is 6. The number of alkyl halides is 3. The van der Waals surface area contributed by atoms with Gasteiger partial charge in [-0.1, -0.05) is 12.1 Å². The van der Waals surface area contributed by atoms with E-state index in [1.54, 1.807) is 11.0 Å². The summed E-state index contributed by atoms with van der Waals surface area (Å²) in [5, 5.41) is 16.5. The zero-order valence-corrected chi connectivity index (χ0v) is 18.7. The van der Waals surface area contributed by atoms with Gasteiger partial charge in [0.25, 0.3) is 5.91 Å². The average molecular weight is 483 g/mol. The lowest BCUT2D eigenvalue weighted by Gasteiger charge is -2.39. The smallest absolute Gasteiger partial charge is 0.405 e. The minimum atomic E-state index is -4.84. The Kier molecular flexibility index (Phi) is 5.50. The maximum atomic E-state index is 13.5. The molecule has 0 bridgehead atoms. The third-order valence-electron chi connectivity index (χ3n) is 5.94. The molecule has 180 valence electrons. The Morgan fingerprint density at radius 3 is 2.49 bits per heavy atom. The summed E-state index contributed by atoms with van der Waals surface area (Å²) in [6, 6.07) is 8.93. The third kappa shape index (κ3) is 4.34. The number of benzene rings is 2. The van der Waals surface area contributed by atoms with Gasteiger partial charge in [0, 0.05) is 6.54 Å². The summed E-state index contributed by atoms with van der Waals surface area (Å²) in [4.78, 5) is 19.5. The van der Waals surface area contributed by atoms with Crippen LogP contribution in [0.1, 0.15) is 39.8 Å². The Morgan fingerprint density at radius 2 is 1.80 bits per heavy atom. The fourth-order valence-electron chi connectivity index (χ4n) is 3.97. The molecule has 1 amide bonds. The minimum Gasteiger partial charge on any atom is -0.405 e. The molecule has 0 aliphatic carbocycles. The van der Waals surface area contributed by atoms with Crippen LogP contribution in [0.5, 0.6) is 5.75 Å². The molecule has 5 rings (SSSR count). The predicted molar refractivity (Wildman–Crippen MR) is 118 cm³/mol. The first-order chi connectivity index (χ1) is 16.7. The van der Waals surface area contributed by atoms with Crippen LogP contribution >= 0.6 is 0 Å². The Bertz CT molecular complexity index is 1380. The van der Waals surface area contributed by atoms with Gasteiger partial charge < -0.3 is 14.6 Å². The van der Waals surface area contributed by atoms with E-state index in [2.05, 4.69) is 30.1 Å². The van der Waals surface area contributed by atoms with Crippen molar-refractivity contribution in [3.05, 3.63) is 71.3 Å². The number of H-pyrrole nitrogens is 1. The molecule has 4 aromatic rings. The molecule has 3 heterocycles. The van der Waals surface area contributed by atoms with Crippen LogP contribution in [0.25, 0.3) is 17.1 Å². The van der Waals surface area contributed by atoms with Gasteiger partial charge >= 0.3 is 6.36 Å². The predicted octanol–water partition coefficient (Wildman–Crippen LogP) is 4.16. The molecule has 0 spiro atoms. The van der Waals surface area contributed by atoms with E-state index in [-0.39, 0.29) is 17.3 Å². The first-order valence-electron chi connectivity index (χ1n) is 10.8. The molecule has 2 aromatic heterocycles. The van der Waals surface area contributed by atoms with Gasteiger partial charge in [0.05, 0.1) is 35.2 Å². The highest BCUT2D eigenvalue weighted by Gasteiger charge is 2.38. The van der Waals surface area contributed by atoms with Crippen LogP contribution in [-0.4, -0.2) is 53.9 Å². The molecule has 9 nitrogen and oxygen atoms in total. The van der Waals surface area contributed by atoms with Gasteiger partial charge in [-0.2, -0.15) is 15.0 Å². The van der Waals surface area contributed by atoms with Gasteiger partial charge in [0.2, 0.25) is 0 Å². The SMILES string of the molecule is Cc1cc(C(=O)N2CC[C@H]2c2nnc(-c3ccccc3OC(F)(F)F)[nH]2)c(-n2nccn2)cc1C. The standard InChI is InChI=1S/C23H20F3N7O2/c1-13-11-16(18(12-14(13)2)33-27-8-9-28-33)22(34)32-10-7-17(32)21-29-20(30-31-21)15-5-3-4-6-19(15)35-23(24,25)26/h3-6,8-9,11-12,17H,7,10H2,1-2H3,(H,29,30,31)/t17-/m0/s1. The van der Waals surface area contributed by atoms with Crippen molar-refractivity contribution in [3.8, 4) is 22.8 Å². The summed E-state index contributed by atoms with van der Waals surface area (Å²) in [5.74, 6) is -0.123. The number of carbonyl (C=O) groups excluding carboxylic acids is 1. The largest absolute Gasteiger partial charge is 0.573 e. The van der Waals surface area contributed by atoms with E-state index in [1.807, 2.05) is 26.0 Å². The van der Waals surface area contributed by atoms with Crippen molar-refractivity contribution < 1.29 is 22.7 Å². The number of ether oxygens (including phenoxy) is 1. The molecular weight excluding hydrogens is 463 g/mol. The lowest BCUT2D eigenvalue weighted by molar-refractivity contribution is -0.274. The van der Waals surface area contributed by atoms with Crippen LogP contribution in [0.15, 0.2) is 48.8 Å². The highest BCUT2D eigenvalue weighted by atomic mass is 19.4. The summed E-state index contributed by atoms with van der Waals surface area (Å²) < 4.78 is 42.5. The molecule has 1 aliphatic heterocycles. The minimum absolute atomic E-state index is 0.113. The molecule has 1 aliphatic rings. The van der Waals surface area contributed by atoms with E-state index in [0.717, 1.165) is 11.1 Å². The molecule has 0 unspecified atom stereocenters. The summed E-state index contributed by atoms with van der Waals surface area (Å²) in [7, 11) is 0. The second kappa shape index (κ2) is 8.53. The molecule has 12 heteroatoms. The van der Waals surface area contributed by atoms with Crippen molar-refractivity contribution in [3.63, 3.8) is 0 Å².